The zero-order valence-corrected chi connectivity index (χ0v) is 14.4. The van der Waals surface area contributed by atoms with Crippen molar-refractivity contribution in [1.82, 2.24) is 9.55 Å². The average Bonchev–Trinajstić information content (AvgIpc) is 2.59. The lowest BCUT2D eigenvalue weighted by Crippen LogP contribution is -2.35. The summed E-state index contributed by atoms with van der Waals surface area (Å²) in [6, 6.07) is 11.2. The summed E-state index contributed by atoms with van der Waals surface area (Å²) in [4.78, 5) is 38.5. The lowest BCUT2D eigenvalue weighted by Gasteiger charge is -2.11. The molecule has 1 aromatic heterocycles. The molecular formula is C19H18N2O5. The van der Waals surface area contributed by atoms with Gasteiger partial charge in [0.1, 0.15) is 5.75 Å². The number of nitrogens with zero attached hydrogens (tertiary/aromatic N) is 1. The smallest absolute Gasteiger partial charge is 0.335 e. The Morgan fingerprint density at radius 2 is 1.85 bits per heavy atom. The Kier molecular flexibility index (Phi) is 4.62. The Labute approximate surface area is 148 Å². The van der Waals surface area contributed by atoms with Gasteiger partial charge in [0.15, 0.2) is 0 Å². The summed E-state index contributed by atoms with van der Waals surface area (Å²) >= 11 is 0. The van der Waals surface area contributed by atoms with Gasteiger partial charge in [0, 0.05) is 0 Å². The molecule has 3 aromatic rings. The van der Waals surface area contributed by atoms with E-state index >= 15 is 0 Å². The molecular weight excluding hydrogens is 336 g/mol. The second-order valence-electron chi connectivity index (χ2n) is 6.20. The SMILES string of the molecule is CC(C)Oc1ccc(Cn2c(=O)[nH]c3cc(C(=O)O)ccc3c2=O)cc1. The third kappa shape index (κ3) is 3.51. The van der Waals surface area contributed by atoms with Crippen molar-refractivity contribution < 1.29 is 14.6 Å². The molecule has 2 N–H and O–H groups in total. The zero-order chi connectivity index (χ0) is 18.8. The molecule has 2 aromatic carbocycles. The largest absolute Gasteiger partial charge is 0.491 e. The van der Waals surface area contributed by atoms with Crippen molar-refractivity contribution in [2.45, 2.75) is 26.5 Å². The lowest BCUT2D eigenvalue weighted by molar-refractivity contribution is 0.0697. The van der Waals surface area contributed by atoms with Crippen LogP contribution in [0.1, 0.15) is 29.8 Å². The van der Waals surface area contributed by atoms with Crippen LogP contribution in [0.5, 0.6) is 5.75 Å². The second kappa shape index (κ2) is 6.87. The minimum Gasteiger partial charge on any atom is -0.491 e. The maximum Gasteiger partial charge on any atom is 0.335 e. The number of carboxylic acids is 1. The molecule has 0 amide bonds. The highest BCUT2D eigenvalue weighted by Crippen LogP contribution is 2.14. The fourth-order valence-corrected chi connectivity index (χ4v) is 2.66. The highest BCUT2D eigenvalue weighted by molar-refractivity contribution is 5.92. The second-order valence-corrected chi connectivity index (χ2v) is 6.20. The quantitative estimate of drug-likeness (QED) is 0.731. The summed E-state index contributed by atoms with van der Waals surface area (Å²) < 4.78 is 6.66. The maximum atomic E-state index is 12.6. The predicted molar refractivity (Wildman–Crippen MR) is 97.1 cm³/mol. The van der Waals surface area contributed by atoms with E-state index in [2.05, 4.69) is 4.98 Å². The van der Waals surface area contributed by atoms with E-state index in [1.54, 1.807) is 24.3 Å². The summed E-state index contributed by atoms with van der Waals surface area (Å²) in [7, 11) is 0. The number of rotatable bonds is 5. The van der Waals surface area contributed by atoms with Gasteiger partial charge in [-0.3, -0.25) is 9.36 Å². The molecule has 0 aliphatic carbocycles. The number of hydrogen-bond acceptors (Lipinski definition) is 4. The number of carbonyl (C=O) groups is 1. The van der Waals surface area contributed by atoms with Crippen LogP contribution in [0, 0.1) is 0 Å². The molecule has 0 radical (unpaired) electrons. The predicted octanol–water partition coefficient (Wildman–Crippen LogP) is 2.22. The molecule has 7 nitrogen and oxygen atoms in total. The number of nitrogens with one attached hydrogen (secondary N) is 1. The van der Waals surface area contributed by atoms with Crippen molar-refractivity contribution in [2.75, 3.05) is 0 Å². The molecule has 0 fully saturated rings. The van der Waals surface area contributed by atoms with Gasteiger partial charge in [-0.05, 0) is 49.7 Å². The summed E-state index contributed by atoms with van der Waals surface area (Å²) in [6.07, 6.45) is 0.0579. The van der Waals surface area contributed by atoms with Crippen LogP contribution < -0.4 is 16.0 Å². The fraction of sp³-hybridized carbons (Fsp3) is 0.211. The summed E-state index contributed by atoms with van der Waals surface area (Å²) in [5.74, 6) is -0.412. The van der Waals surface area contributed by atoms with Crippen LogP contribution in [0.3, 0.4) is 0 Å². The third-order valence-corrected chi connectivity index (χ3v) is 3.86. The number of H-pyrrole nitrogens is 1. The monoisotopic (exact) mass is 354 g/mol. The van der Waals surface area contributed by atoms with Gasteiger partial charge < -0.3 is 14.8 Å². The van der Waals surface area contributed by atoms with Crippen LogP contribution in [0.4, 0.5) is 0 Å². The molecule has 0 bridgehead atoms. The van der Waals surface area contributed by atoms with Gasteiger partial charge in [0.05, 0.1) is 29.1 Å². The average molecular weight is 354 g/mol. The van der Waals surface area contributed by atoms with Gasteiger partial charge >= 0.3 is 11.7 Å². The highest BCUT2D eigenvalue weighted by atomic mass is 16.5. The first kappa shape index (κ1) is 17.5. The van der Waals surface area contributed by atoms with Gasteiger partial charge in [-0.1, -0.05) is 12.1 Å². The van der Waals surface area contributed by atoms with E-state index in [1.165, 1.54) is 18.2 Å². The molecule has 0 unspecified atom stereocenters. The van der Waals surface area contributed by atoms with E-state index in [9.17, 15) is 14.4 Å². The number of aromatic amines is 1. The molecule has 0 spiro atoms. The molecule has 0 atom stereocenters. The van der Waals surface area contributed by atoms with Gasteiger partial charge in [0.2, 0.25) is 0 Å². The number of fused-ring (bicyclic) bond motifs is 1. The van der Waals surface area contributed by atoms with Crippen molar-refractivity contribution in [3.05, 3.63) is 74.4 Å². The standard InChI is InChI=1S/C19H18N2O5/c1-11(2)26-14-6-3-12(4-7-14)10-21-17(22)15-8-5-13(18(23)24)9-16(15)20-19(21)25/h3-9,11H,10H2,1-2H3,(H,20,25)(H,23,24). The molecule has 1 heterocycles. The first-order valence-electron chi connectivity index (χ1n) is 8.11. The highest BCUT2D eigenvalue weighted by Gasteiger charge is 2.11. The molecule has 0 saturated heterocycles. The zero-order valence-electron chi connectivity index (χ0n) is 14.4. The molecule has 0 aliphatic rings. The van der Waals surface area contributed by atoms with E-state index < -0.39 is 17.2 Å². The molecule has 3 rings (SSSR count). The van der Waals surface area contributed by atoms with Gasteiger partial charge in [-0.15, -0.1) is 0 Å². The molecule has 26 heavy (non-hydrogen) atoms. The molecule has 0 aliphatic heterocycles. The summed E-state index contributed by atoms with van der Waals surface area (Å²) in [5, 5.41) is 9.28. The first-order chi connectivity index (χ1) is 12.3. The maximum absolute atomic E-state index is 12.6. The van der Waals surface area contributed by atoms with Crippen LogP contribution in [-0.4, -0.2) is 26.7 Å². The molecule has 134 valence electrons. The van der Waals surface area contributed by atoms with Crippen molar-refractivity contribution in [3.63, 3.8) is 0 Å². The van der Waals surface area contributed by atoms with Gasteiger partial charge in [-0.2, -0.15) is 0 Å². The summed E-state index contributed by atoms with van der Waals surface area (Å²) in [5.41, 5.74) is -0.0752. The van der Waals surface area contributed by atoms with Crippen LogP contribution in [0.15, 0.2) is 52.1 Å². The van der Waals surface area contributed by atoms with Crippen LogP contribution in [-0.2, 0) is 6.54 Å². The lowest BCUT2D eigenvalue weighted by atomic mass is 10.1. The summed E-state index contributed by atoms with van der Waals surface area (Å²) in [6.45, 7) is 3.96. The third-order valence-electron chi connectivity index (χ3n) is 3.86. The van der Waals surface area contributed by atoms with Crippen molar-refractivity contribution in [1.29, 1.82) is 0 Å². The number of aromatic carboxylic acids is 1. The first-order valence-corrected chi connectivity index (χ1v) is 8.11. The topological polar surface area (TPSA) is 101 Å². The van der Waals surface area contributed by atoms with Crippen molar-refractivity contribution in [2.24, 2.45) is 0 Å². The Balaban J connectivity index is 1.98. The number of aromatic nitrogens is 2. The minimum atomic E-state index is -1.12. The van der Waals surface area contributed by atoms with E-state index in [1.807, 2.05) is 13.8 Å². The Morgan fingerprint density at radius 3 is 2.46 bits per heavy atom. The fourth-order valence-electron chi connectivity index (χ4n) is 2.66. The van der Waals surface area contributed by atoms with Gasteiger partial charge in [0.25, 0.3) is 5.56 Å². The number of hydrogen-bond donors (Lipinski definition) is 2. The van der Waals surface area contributed by atoms with Crippen LogP contribution >= 0.6 is 0 Å². The van der Waals surface area contributed by atoms with Crippen LogP contribution in [0.25, 0.3) is 10.9 Å². The van der Waals surface area contributed by atoms with E-state index in [0.717, 1.165) is 10.1 Å². The Hall–Kier alpha value is -3.35. The number of carboxylic acid groups (broad SMARTS) is 1. The normalized spacial score (nSPS) is 11.0. The minimum absolute atomic E-state index is 0.00559. The van der Waals surface area contributed by atoms with E-state index in [-0.39, 0.29) is 29.1 Å². The van der Waals surface area contributed by atoms with Crippen molar-refractivity contribution in [3.8, 4) is 5.75 Å². The molecule has 0 saturated carbocycles. The Bertz CT molecular complexity index is 1080. The number of ether oxygens (including phenoxy) is 1. The van der Waals surface area contributed by atoms with E-state index in [4.69, 9.17) is 9.84 Å². The van der Waals surface area contributed by atoms with E-state index in [0.29, 0.717) is 5.75 Å². The molecule has 7 heteroatoms. The van der Waals surface area contributed by atoms with Gasteiger partial charge in [-0.25, -0.2) is 9.59 Å². The Morgan fingerprint density at radius 1 is 1.15 bits per heavy atom. The number of benzene rings is 2. The van der Waals surface area contributed by atoms with Crippen molar-refractivity contribution >= 4 is 16.9 Å². The van der Waals surface area contributed by atoms with Crippen LogP contribution in [0.2, 0.25) is 0 Å².